The van der Waals surface area contributed by atoms with Gasteiger partial charge in [0.05, 0.1) is 30.1 Å². The maximum absolute atomic E-state index is 12.2. The van der Waals surface area contributed by atoms with Crippen molar-refractivity contribution < 1.29 is 9.53 Å². The zero-order valence-electron chi connectivity index (χ0n) is 12.0. The number of para-hydroxylation sites is 1. The topological polar surface area (TPSA) is 82.2 Å². The van der Waals surface area contributed by atoms with Crippen molar-refractivity contribution >= 4 is 5.91 Å². The summed E-state index contributed by atoms with van der Waals surface area (Å²) in [6.45, 7) is 0.938. The van der Waals surface area contributed by atoms with Crippen LogP contribution in [0.3, 0.4) is 0 Å². The number of hydrogen-bond donors (Lipinski definition) is 2. The van der Waals surface area contributed by atoms with Gasteiger partial charge in [-0.3, -0.25) is 4.79 Å². The third-order valence-electron chi connectivity index (χ3n) is 3.08. The molecular formula is C15H20N4O2. The van der Waals surface area contributed by atoms with Crippen molar-refractivity contribution in [2.75, 3.05) is 20.3 Å². The van der Waals surface area contributed by atoms with Crippen LogP contribution < -0.4 is 11.1 Å². The molecule has 6 nitrogen and oxygen atoms in total. The van der Waals surface area contributed by atoms with Crippen molar-refractivity contribution in [2.45, 2.75) is 12.5 Å². The summed E-state index contributed by atoms with van der Waals surface area (Å²) < 4.78 is 6.75. The summed E-state index contributed by atoms with van der Waals surface area (Å²) in [6, 6.07) is 9.54. The summed E-state index contributed by atoms with van der Waals surface area (Å²) in [6.07, 6.45) is 3.93. The van der Waals surface area contributed by atoms with E-state index >= 15 is 0 Å². The van der Waals surface area contributed by atoms with E-state index in [0.717, 1.165) is 5.69 Å². The van der Waals surface area contributed by atoms with Gasteiger partial charge < -0.3 is 15.8 Å². The lowest BCUT2D eigenvalue weighted by molar-refractivity contribution is 0.0893. The summed E-state index contributed by atoms with van der Waals surface area (Å²) in [5.41, 5.74) is 6.95. The smallest absolute Gasteiger partial charge is 0.254 e. The quantitative estimate of drug-likeness (QED) is 0.795. The Labute approximate surface area is 123 Å². The monoisotopic (exact) mass is 288 g/mol. The Balaban J connectivity index is 2.05. The molecule has 0 saturated carbocycles. The van der Waals surface area contributed by atoms with E-state index < -0.39 is 0 Å². The van der Waals surface area contributed by atoms with Crippen LogP contribution in [0, 0.1) is 0 Å². The molecule has 21 heavy (non-hydrogen) atoms. The molecular weight excluding hydrogens is 268 g/mol. The number of methoxy groups -OCH3 is 1. The highest BCUT2D eigenvalue weighted by molar-refractivity contribution is 5.94. The van der Waals surface area contributed by atoms with Crippen molar-refractivity contribution in [3.63, 3.8) is 0 Å². The molecule has 2 rings (SSSR count). The molecule has 1 aromatic heterocycles. The van der Waals surface area contributed by atoms with E-state index in [1.54, 1.807) is 24.2 Å². The molecule has 112 valence electrons. The van der Waals surface area contributed by atoms with Gasteiger partial charge >= 0.3 is 0 Å². The van der Waals surface area contributed by atoms with E-state index in [1.165, 1.54) is 0 Å². The molecule has 1 unspecified atom stereocenters. The van der Waals surface area contributed by atoms with Gasteiger partial charge in [0.2, 0.25) is 0 Å². The van der Waals surface area contributed by atoms with Crippen LogP contribution in [0.15, 0.2) is 42.7 Å². The van der Waals surface area contributed by atoms with Crippen LogP contribution in [0.1, 0.15) is 16.8 Å². The normalized spacial score (nSPS) is 12.1. The molecule has 1 atom stereocenters. The number of benzene rings is 1. The number of carbonyl (C=O) groups excluding carboxylic acids is 1. The van der Waals surface area contributed by atoms with Gasteiger partial charge in [-0.25, -0.2) is 4.68 Å². The number of carbonyl (C=O) groups is 1. The number of nitrogens with zero attached hydrogens (tertiary/aromatic N) is 2. The molecule has 0 radical (unpaired) electrons. The predicted octanol–water partition coefficient (Wildman–Crippen LogP) is 0.966. The minimum Gasteiger partial charge on any atom is -0.383 e. The van der Waals surface area contributed by atoms with E-state index in [-0.39, 0.29) is 11.9 Å². The first kappa shape index (κ1) is 15.2. The Morgan fingerprint density at radius 1 is 1.43 bits per heavy atom. The fourth-order valence-corrected chi connectivity index (χ4v) is 2.03. The highest BCUT2D eigenvalue weighted by Crippen LogP contribution is 2.08. The third kappa shape index (κ3) is 4.14. The molecule has 1 aromatic carbocycles. The number of nitrogens with one attached hydrogen (secondary N) is 1. The average molecular weight is 288 g/mol. The molecule has 2 aromatic rings. The molecule has 0 aliphatic rings. The van der Waals surface area contributed by atoms with Crippen LogP contribution in [0.2, 0.25) is 0 Å². The summed E-state index contributed by atoms with van der Waals surface area (Å²) in [5.74, 6) is -0.173. The molecule has 0 spiro atoms. The molecule has 6 heteroatoms. The molecule has 1 amide bonds. The van der Waals surface area contributed by atoms with Crippen molar-refractivity contribution in [2.24, 2.45) is 5.73 Å². The fraction of sp³-hybridized carbons (Fsp3) is 0.333. The molecule has 1 heterocycles. The van der Waals surface area contributed by atoms with Gasteiger partial charge in [-0.2, -0.15) is 5.10 Å². The third-order valence-corrected chi connectivity index (χ3v) is 3.08. The summed E-state index contributed by atoms with van der Waals surface area (Å²) in [4.78, 5) is 12.2. The Kier molecular flexibility index (Phi) is 5.48. The van der Waals surface area contributed by atoms with Gasteiger partial charge in [-0.15, -0.1) is 0 Å². The lowest BCUT2D eigenvalue weighted by Crippen LogP contribution is -2.39. The van der Waals surface area contributed by atoms with Crippen LogP contribution >= 0.6 is 0 Å². The predicted molar refractivity (Wildman–Crippen MR) is 80.4 cm³/mol. The number of hydrogen-bond acceptors (Lipinski definition) is 4. The van der Waals surface area contributed by atoms with Crippen LogP contribution in [0.4, 0.5) is 0 Å². The van der Waals surface area contributed by atoms with Crippen molar-refractivity contribution in [1.29, 1.82) is 0 Å². The van der Waals surface area contributed by atoms with E-state index in [9.17, 15) is 4.79 Å². The molecule has 0 bridgehead atoms. The summed E-state index contributed by atoms with van der Waals surface area (Å²) in [5, 5.41) is 7.11. The standard InChI is InChI=1S/C15H20N4O2/c1-21-11-13(7-8-16)18-15(20)12-9-17-19(10-12)14-5-3-2-4-6-14/h2-6,9-10,13H,7-8,11,16H2,1H3,(H,18,20). The van der Waals surface area contributed by atoms with E-state index in [4.69, 9.17) is 10.5 Å². The Morgan fingerprint density at radius 2 is 2.19 bits per heavy atom. The first-order valence-electron chi connectivity index (χ1n) is 6.84. The lowest BCUT2D eigenvalue weighted by Gasteiger charge is -2.16. The number of ether oxygens (including phenoxy) is 1. The van der Waals surface area contributed by atoms with Gasteiger partial charge in [0, 0.05) is 13.3 Å². The number of rotatable bonds is 7. The second-order valence-corrected chi connectivity index (χ2v) is 4.71. The summed E-state index contributed by atoms with van der Waals surface area (Å²) in [7, 11) is 1.60. The SMILES string of the molecule is COCC(CCN)NC(=O)c1cnn(-c2ccccc2)c1. The van der Waals surface area contributed by atoms with Crippen LogP contribution in [-0.2, 0) is 4.74 Å². The zero-order chi connectivity index (χ0) is 15.1. The van der Waals surface area contributed by atoms with Gasteiger partial charge in [0.1, 0.15) is 0 Å². The van der Waals surface area contributed by atoms with Crippen molar-refractivity contribution in [3.05, 3.63) is 48.3 Å². The Hall–Kier alpha value is -2.18. The highest BCUT2D eigenvalue weighted by atomic mass is 16.5. The van der Waals surface area contributed by atoms with Gasteiger partial charge in [0.25, 0.3) is 5.91 Å². The van der Waals surface area contributed by atoms with Crippen molar-refractivity contribution in [3.8, 4) is 5.69 Å². The molecule has 0 aliphatic heterocycles. The Morgan fingerprint density at radius 3 is 2.86 bits per heavy atom. The van der Waals surface area contributed by atoms with Crippen LogP contribution in [-0.4, -0.2) is 42.0 Å². The van der Waals surface area contributed by atoms with E-state index in [2.05, 4.69) is 10.4 Å². The number of aromatic nitrogens is 2. The van der Waals surface area contributed by atoms with E-state index in [1.807, 2.05) is 30.3 Å². The molecule has 0 aliphatic carbocycles. The first-order valence-corrected chi connectivity index (χ1v) is 6.84. The van der Waals surface area contributed by atoms with Crippen LogP contribution in [0.25, 0.3) is 5.69 Å². The minimum absolute atomic E-state index is 0.0902. The van der Waals surface area contributed by atoms with E-state index in [0.29, 0.717) is 25.1 Å². The second kappa shape index (κ2) is 7.56. The largest absolute Gasteiger partial charge is 0.383 e. The fourth-order valence-electron chi connectivity index (χ4n) is 2.03. The second-order valence-electron chi connectivity index (χ2n) is 4.71. The number of nitrogens with two attached hydrogens (primary N) is 1. The molecule has 0 saturated heterocycles. The van der Waals surface area contributed by atoms with Gasteiger partial charge in [-0.1, -0.05) is 18.2 Å². The van der Waals surface area contributed by atoms with Gasteiger partial charge in [0.15, 0.2) is 0 Å². The van der Waals surface area contributed by atoms with Gasteiger partial charge in [-0.05, 0) is 25.1 Å². The highest BCUT2D eigenvalue weighted by Gasteiger charge is 2.14. The molecule has 0 fully saturated rings. The summed E-state index contributed by atoms with van der Waals surface area (Å²) >= 11 is 0. The minimum atomic E-state index is -0.173. The maximum Gasteiger partial charge on any atom is 0.254 e. The number of amides is 1. The molecule has 3 N–H and O–H groups in total. The van der Waals surface area contributed by atoms with Crippen LogP contribution in [0.5, 0.6) is 0 Å². The Bertz CT molecular complexity index is 562. The first-order chi connectivity index (χ1) is 10.2. The zero-order valence-corrected chi connectivity index (χ0v) is 12.0. The van der Waals surface area contributed by atoms with Crippen molar-refractivity contribution in [1.82, 2.24) is 15.1 Å². The lowest BCUT2D eigenvalue weighted by atomic mass is 10.2. The average Bonchev–Trinajstić information content (AvgIpc) is 2.98. The maximum atomic E-state index is 12.2.